The van der Waals surface area contributed by atoms with E-state index in [1.807, 2.05) is 36.4 Å². The summed E-state index contributed by atoms with van der Waals surface area (Å²) in [5, 5.41) is 0.716. The predicted octanol–water partition coefficient (Wildman–Crippen LogP) is 5.34. The van der Waals surface area contributed by atoms with Crippen LogP contribution in [0.1, 0.15) is 44.0 Å². The molecule has 0 aliphatic rings. The average molecular weight is 465 g/mol. The highest BCUT2D eigenvalue weighted by molar-refractivity contribution is 6.33. The summed E-state index contributed by atoms with van der Waals surface area (Å²) in [6.45, 7) is 4.85. The number of halogens is 1. The van der Waals surface area contributed by atoms with Crippen LogP contribution < -0.4 is 11.2 Å². The molecule has 0 bridgehead atoms. The van der Waals surface area contributed by atoms with Gasteiger partial charge >= 0.3 is 5.69 Å². The second-order valence-corrected chi connectivity index (χ2v) is 8.81. The lowest BCUT2D eigenvalue weighted by atomic mass is 10.0. The number of unbranched alkanes of at least 4 members (excludes halogenated alkanes) is 2. The Morgan fingerprint density at radius 1 is 0.970 bits per heavy atom. The highest BCUT2D eigenvalue weighted by atomic mass is 35.5. The van der Waals surface area contributed by atoms with Gasteiger partial charge in [0.15, 0.2) is 5.65 Å². The Morgan fingerprint density at radius 3 is 2.55 bits per heavy atom. The number of nitrogens with zero attached hydrogens (tertiary/aromatic N) is 3. The van der Waals surface area contributed by atoms with Gasteiger partial charge in [0.25, 0.3) is 5.56 Å². The van der Waals surface area contributed by atoms with Crippen LogP contribution in [0.4, 0.5) is 0 Å². The van der Waals surface area contributed by atoms with Gasteiger partial charge in [0.05, 0.1) is 0 Å². The maximum atomic E-state index is 13.2. The molecule has 0 aliphatic carbocycles. The van der Waals surface area contributed by atoms with Crippen molar-refractivity contribution in [1.82, 2.24) is 19.1 Å². The molecule has 0 spiro atoms. The van der Waals surface area contributed by atoms with E-state index in [9.17, 15) is 9.59 Å². The summed E-state index contributed by atoms with van der Waals surface area (Å²) in [4.78, 5) is 33.7. The number of rotatable bonds is 9. The number of benzene rings is 2. The number of H-pyrrole nitrogens is 1. The summed E-state index contributed by atoms with van der Waals surface area (Å²) in [5.41, 5.74) is 3.48. The van der Waals surface area contributed by atoms with Crippen molar-refractivity contribution in [3.05, 3.63) is 85.8 Å². The molecule has 0 saturated heterocycles. The molecule has 6 nitrogen and oxygen atoms in total. The van der Waals surface area contributed by atoms with Crippen LogP contribution in [0, 0.1) is 6.92 Å². The first kappa shape index (κ1) is 23.1. The standard InChI is InChI=1S/C26H29ClN4O2/c1-3-4-7-15-30-24-23(28-18(2)29-24)25(32)31(26(30)33)16-9-11-19-10-8-12-20(17-19)21-13-5-6-14-22(21)27/h5-6,8,10,12-14,17H,3-4,7,9,11,15-16H2,1-2H3,(H,28,29). The van der Waals surface area contributed by atoms with Crippen molar-refractivity contribution in [1.29, 1.82) is 0 Å². The van der Waals surface area contributed by atoms with Crippen LogP contribution in [-0.4, -0.2) is 19.1 Å². The fourth-order valence-corrected chi connectivity index (χ4v) is 4.48. The summed E-state index contributed by atoms with van der Waals surface area (Å²) < 4.78 is 3.00. The fraction of sp³-hybridized carbons (Fsp3) is 0.346. The normalized spacial score (nSPS) is 11.4. The van der Waals surface area contributed by atoms with E-state index < -0.39 is 0 Å². The zero-order valence-electron chi connectivity index (χ0n) is 19.1. The second-order valence-electron chi connectivity index (χ2n) is 8.40. The number of fused-ring (bicyclic) bond motifs is 1. The molecular weight excluding hydrogens is 436 g/mol. The van der Waals surface area contributed by atoms with Gasteiger partial charge < -0.3 is 4.98 Å². The Labute approximate surface area is 197 Å². The second kappa shape index (κ2) is 10.2. The Hall–Kier alpha value is -3.12. The molecule has 33 heavy (non-hydrogen) atoms. The number of aryl methyl sites for hydroxylation is 3. The molecule has 0 atom stereocenters. The summed E-state index contributed by atoms with van der Waals surface area (Å²) in [7, 11) is 0. The van der Waals surface area contributed by atoms with E-state index >= 15 is 0 Å². The van der Waals surface area contributed by atoms with Gasteiger partial charge in [-0.2, -0.15) is 0 Å². The van der Waals surface area contributed by atoms with Crippen LogP contribution in [0.2, 0.25) is 5.02 Å². The maximum Gasteiger partial charge on any atom is 0.332 e. The molecule has 0 unspecified atom stereocenters. The molecule has 4 aromatic rings. The lowest BCUT2D eigenvalue weighted by Crippen LogP contribution is -2.40. The molecule has 0 aliphatic heterocycles. The summed E-state index contributed by atoms with van der Waals surface area (Å²) in [6, 6.07) is 16.0. The number of hydrogen-bond acceptors (Lipinski definition) is 3. The first-order chi connectivity index (χ1) is 16.0. The Kier molecular flexibility index (Phi) is 7.14. The smallest absolute Gasteiger partial charge is 0.332 e. The molecular formula is C26H29ClN4O2. The minimum atomic E-state index is -0.299. The number of aromatic amines is 1. The third-order valence-electron chi connectivity index (χ3n) is 5.92. The third kappa shape index (κ3) is 4.96. The highest BCUT2D eigenvalue weighted by Crippen LogP contribution is 2.28. The molecule has 7 heteroatoms. The molecule has 172 valence electrons. The van der Waals surface area contributed by atoms with Crippen LogP contribution in [0.3, 0.4) is 0 Å². The summed E-state index contributed by atoms with van der Waals surface area (Å²) >= 11 is 6.36. The molecule has 0 amide bonds. The van der Waals surface area contributed by atoms with Crippen LogP contribution in [0.5, 0.6) is 0 Å². The van der Waals surface area contributed by atoms with Gasteiger partial charge in [-0.1, -0.05) is 73.8 Å². The topological polar surface area (TPSA) is 72.7 Å². The van der Waals surface area contributed by atoms with E-state index in [0.29, 0.717) is 41.5 Å². The number of nitrogens with one attached hydrogen (secondary N) is 1. The van der Waals surface area contributed by atoms with E-state index in [1.165, 1.54) is 4.57 Å². The average Bonchev–Trinajstić information content (AvgIpc) is 3.20. The molecule has 4 rings (SSSR count). The fourth-order valence-electron chi connectivity index (χ4n) is 4.23. The summed E-state index contributed by atoms with van der Waals surface area (Å²) in [5.74, 6) is 0.639. The Bertz CT molecular complexity index is 1380. The molecule has 2 aromatic heterocycles. The molecule has 0 saturated carbocycles. The first-order valence-corrected chi connectivity index (χ1v) is 11.9. The largest absolute Gasteiger partial charge is 0.336 e. The van der Waals surface area contributed by atoms with Crippen LogP contribution in [0.25, 0.3) is 22.3 Å². The van der Waals surface area contributed by atoms with Crippen LogP contribution in [0.15, 0.2) is 58.1 Å². The highest BCUT2D eigenvalue weighted by Gasteiger charge is 2.16. The van der Waals surface area contributed by atoms with Crippen molar-refractivity contribution in [2.75, 3.05) is 0 Å². The molecule has 2 heterocycles. The van der Waals surface area contributed by atoms with E-state index in [4.69, 9.17) is 11.6 Å². The molecule has 0 fully saturated rings. The van der Waals surface area contributed by atoms with Crippen molar-refractivity contribution in [2.24, 2.45) is 0 Å². The third-order valence-corrected chi connectivity index (χ3v) is 6.25. The zero-order chi connectivity index (χ0) is 23.4. The monoisotopic (exact) mass is 464 g/mol. The number of imidazole rings is 1. The van der Waals surface area contributed by atoms with Crippen molar-refractivity contribution in [3.8, 4) is 11.1 Å². The lowest BCUT2D eigenvalue weighted by molar-refractivity contribution is 0.526. The number of hydrogen-bond donors (Lipinski definition) is 1. The minimum absolute atomic E-state index is 0.278. The zero-order valence-corrected chi connectivity index (χ0v) is 19.9. The van der Waals surface area contributed by atoms with Crippen LogP contribution in [-0.2, 0) is 19.5 Å². The van der Waals surface area contributed by atoms with Crippen molar-refractivity contribution in [3.63, 3.8) is 0 Å². The quantitative estimate of drug-likeness (QED) is 0.340. The Balaban J connectivity index is 1.57. The van der Waals surface area contributed by atoms with E-state index in [2.05, 4.69) is 29.0 Å². The lowest BCUT2D eigenvalue weighted by Gasteiger charge is -2.12. The molecule has 1 N–H and O–H groups in total. The van der Waals surface area contributed by atoms with Gasteiger partial charge in [-0.05, 0) is 43.4 Å². The van der Waals surface area contributed by atoms with Crippen molar-refractivity contribution >= 4 is 22.8 Å². The first-order valence-electron chi connectivity index (χ1n) is 11.5. The van der Waals surface area contributed by atoms with Gasteiger partial charge in [-0.25, -0.2) is 9.78 Å². The minimum Gasteiger partial charge on any atom is -0.336 e. The van der Waals surface area contributed by atoms with Crippen molar-refractivity contribution in [2.45, 2.75) is 59.0 Å². The van der Waals surface area contributed by atoms with E-state index in [0.717, 1.165) is 42.4 Å². The van der Waals surface area contributed by atoms with E-state index in [-0.39, 0.29) is 11.2 Å². The predicted molar refractivity (Wildman–Crippen MR) is 134 cm³/mol. The van der Waals surface area contributed by atoms with Gasteiger partial charge in [-0.3, -0.25) is 13.9 Å². The maximum absolute atomic E-state index is 13.2. The SMILES string of the molecule is CCCCCn1c(=O)n(CCCc2cccc(-c3ccccc3Cl)c2)c(=O)c2[nH]c(C)nc21. The molecule has 2 aromatic carbocycles. The van der Waals surface area contributed by atoms with Gasteiger partial charge in [0.1, 0.15) is 11.3 Å². The Morgan fingerprint density at radius 2 is 1.76 bits per heavy atom. The molecule has 0 radical (unpaired) electrons. The van der Waals surface area contributed by atoms with Crippen LogP contribution >= 0.6 is 11.6 Å². The van der Waals surface area contributed by atoms with E-state index in [1.54, 1.807) is 11.5 Å². The van der Waals surface area contributed by atoms with Gasteiger partial charge in [-0.15, -0.1) is 0 Å². The number of aromatic nitrogens is 4. The summed E-state index contributed by atoms with van der Waals surface area (Å²) in [6.07, 6.45) is 4.39. The van der Waals surface area contributed by atoms with Crippen molar-refractivity contribution < 1.29 is 0 Å². The van der Waals surface area contributed by atoms with Gasteiger partial charge in [0.2, 0.25) is 0 Å². The van der Waals surface area contributed by atoms with Gasteiger partial charge in [0, 0.05) is 23.7 Å².